The van der Waals surface area contributed by atoms with Crippen LogP contribution in [0.2, 0.25) is 18.1 Å². The van der Waals surface area contributed by atoms with Crippen LogP contribution in [0.15, 0.2) is 48.5 Å². The number of benzene rings is 2. The topological polar surface area (TPSA) is 64.6 Å². The Morgan fingerprint density at radius 1 is 0.919 bits per heavy atom. The summed E-state index contributed by atoms with van der Waals surface area (Å²) < 4.78 is 43.8. The van der Waals surface area contributed by atoms with Crippen LogP contribution in [0.5, 0.6) is 11.5 Å². The Labute approximate surface area is 221 Å². The number of hydrogen-bond acceptors (Lipinski definition) is 7. The molecule has 0 N–H and O–H groups in total. The Bertz CT molecular complexity index is 1080. The third kappa shape index (κ3) is 5.60. The van der Waals surface area contributed by atoms with Gasteiger partial charge in [0.25, 0.3) is 0 Å². The van der Waals surface area contributed by atoms with Gasteiger partial charge in [-0.1, -0.05) is 57.2 Å². The van der Waals surface area contributed by atoms with Gasteiger partial charge in [0.2, 0.25) is 6.79 Å². The first kappa shape index (κ1) is 26.7. The highest BCUT2D eigenvalue weighted by Crippen LogP contribution is 2.45. The van der Waals surface area contributed by atoms with Gasteiger partial charge in [0, 0.05) is 11.5 Å². The molecule has 8 heteroatoms. The van der Waals surface area contributed by atoms with Crippen LogP contribution in [-0.4, -0.2) is 52.4 Å². The highest BCUT2D eigenvalue weighted by atomic mass is 28.4. The van der Waals surface area contributed by atoms with E-state index in [4.69, 9.17) is 32.8 Å². The third-order valence-corrected chi connectivity index (χ3v) is 12.5. The molecule has 0 bridgehead atoms. The SMILES string of the molecule is CC1(C)O[C@@H]([C@@H]2O[C@H](c3ccccc3)OC[C@H]2c2ccc3c(c2)OCO3)[C@H](CO[Si](C)(C)C(C)(C)C)O1. The Hall–Kier alpha value is -1.94. The van der Waals surface area contributed by atoms with Gasteiger partial charge in [0.15, 0.2) is 31.9 Å². The average molecular weight is 529 g/mol. The van der Waals surface area contributed by atoms with Crippen molar-refractivity contribution in [3.05, 3.63) is 59.7 Å². The molecule has 0 radical (unpaired) electrons. The lowest BCUT2D eigenvalue weighted by Gasteiger charge is -2.41. The van der Waals surface area contributed by atoms with E-state index < -0.39 is 20.4 Å². The van der Waals surface area contributed by atoms with Gasteiger partial charge in [-0.2, -0.15) is 0 Å². The first-order valence-corrected chi connectivity index (χ1v) is 16.1. The summed E-state index contributed by atoms with van der Waals surface area (Å²) in [5, 5.41) is 0.0973. The third-order valence-electron chi connectivity index (χ3n) is 7.96. The van der Waals surface area contributed by atoms with Gasteiger partial charge in [-0.15, -0.1) is 0 Å². The molecule has 3 aliphatic rings. The smallest absolute Gasteiger partial charge is 0.231 e. The highest BCUT2D eigenvalue weighted by Gasteiger charge is 2.51. The molecule has 0 amide bonds. The minimum atomic E-state index is -1.99. The normalized spacial score (nSPS) is 29.4. The summed E-state index contributed by atoms with van der Waals surface area (Å²) in [6.07, 6.45) is -1.44. The van der Waals surface area contributed by atoms with E-state index in [1.165, 1.54) is 0 Å². The maximum absolute atomic E-state index is 6.72. The van der Waals surface area contributed by atoms with Crippen molar-refractivity contribution in [2.45, 2.75) is 89.1 Å². The zero-order valence-corrected chi connectivity index (χ0v) is 24.0. The van der Waals surface area contributed by atoms with E-state index in [-0.39, 0.29) is 36.1 Å². The van der Waals surface area contributed by atoms with Crippen LogP contribution in [0.1, 0.15) is 58.0 Å². The quantitative estimate of drug-likeness (QED) is 0.416. The summed E-state index contributed by atoms with van der Waals surface area (Å²) in [6, 6.07) is 16.1. The molecule has 0 aliphatic carbocycles. The first-order chi connectivity index (χ1) is 17.4. The summed E-state index contributed by atoms with van der Waals surface area (Å²) in [4.78, 5) is 0. The number of hydrogen-bond donors (Lipinski definition) is 0. The molecule has 202 valence electrons. The standard InChI is InChI=1S/C29H40O7Si/c1-28(2,3)37(6,7)33-17-24-26(36-29(4,5)35-24)25-21(20-13-14-22-23(15-20)32-18-31-22)16-30-27(34-25)19-11-9-8-10-12-19/h8-15,21,24-27H,16-18H2,1-7H3/t21-,24-,25+,26+,27+/m0/s1. The summed E-state index contributed by atoms with van der Waals surface area (Å²) in [6.45, 7) is 16.3. The van der Waals surface area contributed by atoms with E-state index in [1.807, 2.05) is 56.3 Å². The van der Waals surface area contributed by atoms with E-state index in [2.05, 4.69) is 39.9 Å². The minimum absolute atomic E-state index is 0.0904. The van der Waals surface area contributed by atoms with Crippen LogP contribution >= 0.6 is 0 Å². The first-order valence-electron chi connectivity index (χ1n) is 13.1. The van der Waals surface area contributed by atoms with Crippen LogP contribution in [0.4, 0.5) is 0 Å². The Kier molecular flexibility index (Phi) is 7.19. The fourth-order valence-electron chi connectivity index (χ4n) is 4.86. The molecule has 5 rings (SSSR count). The summed E-state index contributed by atoms with van der Waals surface area (Å²) in [5.74, 6) is 0.646. The van der Waals surface area contributed by atoms with Crippen molar-refractivity contribution in [3.8, 4) is 11.5 Å². The fourth-order valence-corrected chi connectivity index (χ4v) is 5.88. The number of rotatable bonds is 6. The highest BCUT2D eigenvalue weighted by molar-refractivity contribution is 6.74. The maximum Gasteiger partial charge on any atom is 0.231 e. The summed E-state index contributed by atoms with van der Waals surface area (Å²) in [5.41, 5.74) is 2.03. The van der Waals surface area contributed by atoms with Gasteiger partial charge in [0.1, 0.15) is 12.2 Å². The van der Waals surface area contributed by atoms with Crippen molar-refractivity contribution in [1.82, 2.24) is 0 Å². The van der Waals surface area contributed by atoms with E-state index in [1.54, 1.807) is 0 Å². The van der Waals surface area contributed by atoms with Crippen LogP contribution < -0.4 is 9.47 Å². The molecule has 0 aromatic heterocycles. The van der Waals surface area contributed by atoms with Crippen LogP contribution in [0.25, 0.3) is 0 Å². The Morgan fingerprint density at radius 2 is 1.65 bits per heavy atom. The molecule has 0 unspecified atom stereocenters. The van der Waals surface area contributed by atoms with Crippen molar-refractivity contribution in [3.63, 3.8) is 0 Å². The molecular weight excluding hydrogens is 488 g/mol. The van der Waals surface area contributed by atoms with E-state index in [9.17, 15) is 0 Å². The van der Waals surface area contributed by atoms with Crippen molar-refractivity contribution in [2.24, 2.45) is 0 Å². The van der Waals surface area contributed by atoms with Gasteiger partial charge >= 0.3 is 0 Å². The lowest BCUT2D eigenvalue weighted by atomic mass is 9.87. The van der Waals surface area contributed by atoms with Gasteiger partial charge < -0.3 is 32.8 Å². The zero-order valence-electron chi connectivity index (χ0n) is 23.0. The number of ether oxygens (including phenoxy) is 6. The van der Waals surface area contributed by atoms with Crippen LogP contribution in [0.3, 0.4) is 0 Å². The van der Waals surface area contributed by atoms with Crippen molar-refractivity contribution in [1.29, 1.82) is 0 Å². The minimum Gasteiger partial charge on any atom is -0.454 e. The van der Waals surface area contributed by atoms with E-state index >= 15 is 0 Å². The second-order valence-corrected chi connectivity index (χ2v) is 16.9. The average Bonchev–Trinajstić information content (AvgIpc) is 3.45. The molecule has 37 heavy (non-hydrogen) atoms. The monoisotopic (exact) mass is 528 g/mol. The van der Waals surface area contributed by atoms with Crippen molar-refractivity contribution >= 4 is 8.32 Å². The number of fused-ring (bicyclic) bond motifs is 1. The summed E-state index contributed by atoms with van der Waals surface area (Å²) >= 11 is 0. The van der Waals surface area contributed by atoms with E-state index in [0.717, 1.165) is 22.6 Å². The van der Waals surface area contributed by atoms with Gasteiger partial charge in [-0.25, -0.2) is 0 Å². The Morgan fingerprint density at radius 3 is 2.38 bits per heavy atom. The molecule has 7 nitrogen and oxygen atoms in total. The van der Waals surface area contributed by atoms with Gasteiger partial charge in [-0.05, 0) is 49.7 Å². The fraction of sp³-hybridized carbons (Fsp3) is 0.586. The lowest BCUT2D eigenvalue weighted by Crippen LogP contribution is -2.49. The van der Waals surface area contributed by atoms with Crippen molar-refractivity contribution < 1.29 is 32.8 Å². The molecule has 0 spiro atoms. The summed E-state index contributed by atoms with van der Waals surface area (Å²) in [7, 11) is -1.99. The van der Waals surface area contributed by atoms with Gasteiger partial charge in [0.05, 0.1) is 19.3 Å². The predicted octanol–water partition coefficient (Wildman–Crippen LogP) is 6.16. The van der Waals surface area contributed by atoms with Crippen molar-refractivity contribution in [2.75, 3.05) is 20.0 Å². The molecule has 3 heterocycles. The molecule has 2 fully saturated rings. The lowest BCUT2D eigenvalue weighted by molar-refractivity contribution is -0.256. The second kappa shape index (κ2) is 9.98. The second-order valence-electron chi connectivity index (χ2n) is 12.1. The molecule has 0 saturated carbocycles. The largest absolute Gasteiger partial charge is 0.454 e. The Balaban J connectivity index is 1.45. The van der Waals surface area contributed by atoms with Crippen LogP contribution in [0, 0.1) is 0 Å². The molecule has 2 saturated heterocycles. The molecule has 3 aliphatic heterocycles. The van der Waals surface area contributed by atoms with Crippen LogP contribution in [-0.2, 0) is 23.4 Å². The zero-order chi connectivity index (χ0) is 26.4. The molecule has 5 atom stereocenters. The molecular formula is C29H40O7Si. The molecule has 2 aromatic carbocycles. The maximum atomic E-state index is 6.72. The van der Waals surface area contributed by atoms with E-state index in [0.29, 0.717) is 13.2 Å². The predicted molar refractivity (Wildman–Crippen MR) is 142 cm³/mol. The molecule has 2 aromatic rings. The van der Waals surface area contributed by atoms with Gasteiger partial charge in [-0.3, -0.25) is 0 Å².